The third-order valence-electron chi connectivity index (χ3n) is 2.81. The molecule has 1 heterocycles. The van der Waals surface area contributed by atoms with Crippen molar-refractivity contribution in [1.29, 1.82) is 0 Å². The molecule has 0 aliphatic carbocycles. The lowest BCUT2D eigenvalue weighted by atomic mass is 10.1. The second kappa shape index (κ2) is 4.46. The van der Waals surface area contributed by atoms with Gasteiger partial charge in [0, 0.05) is 11.3 Å². The van der Waals surface area contributed by atoms with Gasteiger partial charge in [-0.1, -0.05) is 12.1 Å². The van der Waals surface area contributed by atoms with Crippen LogP contribution in [0.5, 0.6) is 5.75 Å². The number of nitrogens with zero attached hydrogens (tertiary/aromatic N) is 1. The molecule has 0 aliphatic rings. The normalized spacial score (nSPS) is 11.6. The molecule has 0 atom stereocenters. The Morgan fingerprint density at radius 3 is 2.61 bits per heavy atom. The summed E-state index contributed by atoms with van der Waals surface area (Å²) < 4.78 is 5.20. The highest BCUT2D eigenvalue weighted by atomic mass is 16.5. The van der Waals surface area contributed by atoms with Crippen molar-refractivity contribution in [3.05, 3.63) is 35.8 Å². The minimum Gasteiger partial charge on any atom is -0.497 e. The number of aliphatic hydroxyl groups is 1. The first-order chi connectivity index (χ1) is 8.41. The van der Waals surface area contributed by atoms with Gasteiger partial charge in [0.05, 0.1) is 12.8 Å². The Morgan fingerprint density at radius 2 is 2.06 bits per heavy atom. The first-order valence-corrected chi connectivity index (χ1v) is 5.85. The van der Waals surface area contributed by atoms with Crippen LogP contribution in [0.2, 0.25) is 0 Å². The number of hydrogen-bond acceptors (Lipinski definition) is 3. The van der Waals surface area contributed by atoms with Crippen LogP contribution in [0.1, 0.15) is 25.4 Å². The van der Waals surface area contributed by atoms with E-state index < -0.39 is 5.60 Å². The van der Waals surface area contributed by atoms with Crippen LogP contribution in [0, 0.1) is 6.92 Å². The number of rotatable bonds is 3. The number of hydrogen-bond donors (Lipinski definition) is 2. The number of aromatic amines is 1. The third-order valence-corrected chi connectivity index (χ3v) is 2.81. The molecule has 0 saturated heterocycles. The van der Waals surface area contributed by atoms with Gasteiger partial charge in [-0.2, -0.15) is 0 Å². The smallest absolute Gasteiger partial charge is 0.138 e. The first kappa shape index (κ1) is 12.6. The minimum absolute atomic E-state index is 0.567. The van der Waals surface area contributed by atoms with Crippen molar-refractivity contribution >= 4 is 0 Å². The Bertz CT molecular complexity index is 553. The molecule has 0 radical (unpaired) electrons. The fourth-order valence-electron chi connectivity index (χ4n) is 1.80. The zero-order valence-corrected chi connectivity index (χ0v) is 11.1. The molecular weight excluding hydrogens is 228 g/mol. The Hall–Kier alpha value is -1.81. The van der Waals surface area contributed by atoms with Gasteiger partial charge >= 0.3 is 0 Å². The van der Waals surface area contributed by atoms with Crippen LogP contribution >= 0.6 is 0 Å². The standard InChI is InChI=1S/C14H18N2O2/c1-9-12(16-13(15-9)14(2,3)17)10-6-5-7-11(8-10)18-4/h5-8,17H,1-4H3,(H,15,16). The minimum atomic E-state index is -0.970. The molecule has 0 bridgehead atoms. The molecule has 18 heavy (non-hydrogen) atoms. The van der Waals surface area contributed by atoms with Crippen LogP contribution in [0.3, 0.4) is 0 Å². The summed E-state index contributed by atoms with van der Waals surface area (Å²) in [4.78, 5) is 7.58. The predicted molar refractivity (Wildman–Crippen MR) is 70.6 cm³/mol. The molecule has 4 nitrogen and oxygen atoms in total. The summed E-state index contributed by atoms with van der Waals surface area (Å²) in [5, 5.41) is 9.96. The zero-order chi connectivity index (χ0) is 13.3. The number of H-pyrrole nitrogens is 1. The molecule has 2 N–H and O–H groups in total. The molecule has 0 unspecified atom stereocenters. The Kier molecular flexibility index (Phi) is 3.13. The number of benzene rings is 1. The van der Waals surface area contributed by atoms with Crippen molar-refractivity contribution in [3.8, 4) is 17.0 Å². The zero-order valence-electron chi connectivity index (χ0n) is 11.1. The van der Waals surface area contributed by atoms with Crippen LogP contribution < -0.4 is 4.74 Å². The van der Waals surface area contributed by atoms with E-state index in [9.17, 15) is 5.11 Å². The van der Waals surface area contributed by atoms with E-state index in [4.69, 9.17) is 4.74 Å². The number of imidazole rings is 1. The third kappa shape index (κ3) is 2.38. The molecule has 0 spiro atoms. The van der Waals surface area contributed by atoms with Crippen molar-refractivity contribution < 1.29 is 9.84 Å². The lowest BCUT2D eigenvalue weighted by molar-refractivity contribution is 0.0696. The SMILES string of the molecule is COc1cccc(-c2nc(C(C)(C)O)[nH]c2C)c1. The van der Waals surface area contributed by atoms with Gasteiger partial charge in [-0.3, -0.25) is 0 Å². The average Bonchev–Trinajstić information content (AvgIpc) is 2.71. The highest BCUT2D eigenvalue weighted by molar-refractivity contribution is 5.63. The largest absolute Gasteiger partial charge is 0.497 e. The average molecular weight is 246 g/mol. The molecule has 1 aromatic carbocycles. The lowest BCUT2D eigenvalue weighted by Gasteiger charge is -2.12. The van der Waals surface area contributed by atoms with E-state index in [0.29, 0.717) is 5.82 Å². The fraction of sp³-hybridized carbons (Fsp3) is 0.357. The number of aryl methyl sites for hydroxylation is 1. The number of ether oxygens (including phenoxy) is 1. The van der Waals surface area contributed by atoms with Crippen molar-refractivity contribution in [2.45, 2.75) is 26.4 Å². The lowest BCUT2D eigenvalue weighted by Crippen LogP contribution is -2.17. The summed E-state index contributed by atoms with van der Waals surface area (Å²) >= 11 is 0. The van der Waals surface area contributed by atoms with E-state index in [-0.39, 0.29) is 0 Å². The van der Waals surface area contributed by atoms with Gasteiger partial charge in [-0.15, -0.1) is 0 Å². The summed E-state index contributed by atoms with van der Waals surface area (Å²) in [7, 11) is 1.64. The molecule has 0 saturated carbocycles. The number of nitrogens with one attached hydrogen (secondary N) is 1. The van der Waals surface area contributed by atoms with E-state index in [0.717, 1.165) is 22.7 Å². The first-order valence-electron chi connectivity index (χ1n) is 5.85. The molecule has 0 amide bonds. The van der Waals surface area contributed by atoms with Gasteiger partial charge in [0.15, 0.2) is 0 Å². The molecule has 96 valence electrons. The van der Waals surface area contributed by atoms with Crippen molar-refractivity contribution in [2.24, 2.45) is 0 Å². The van der Waals surface area contributed by atoms with Crippen molar-refractivity contribution in [3.63, 3.8) is 0 Å². The van der Waals surface area contributed by atoms with Gasteiger partial charge in [-0.05, 0) is 32.9 Å². The van der Waals surface area contributed by atoms with Gasteiger partial charge in [0.2, 0.25) is 0 Å². The van der Waals surface area contributed by atoms with Gasteiger partial charge < -0.3 is 14.8 Å². The van der Waals surface area contributed by atoms with E-state index >= 15 is 0 Å². The maximum atomic E-state index is 9.96. The summed E-state index contributed by atoms with van der Waals surface area (Å²) in [6, 6.07) is 7.71. The van der Waals surface area contributed by atoms with Gasteiger partial charge in [0.25, 0.3) is 0 Å². The molecule has 0 fully saturated rings. The molecule has 1 aromatic heterocycles. The molecule has 0 aliphatic heterocycles. The molecule has 4 heteroatoms. The summed E-state index contributed by atoms with van der Waals surface area (Å²) in [6.07, 6.45) is 0. The second-order valence-corrected chi connectivity index (χ2v) is 4.85. The Morgan fingerprint density at radius 1 is 1.33 bits per heavy atom. The topological polar surface area (TPSA) is 58.1 Å². The van der Waals surface area contributed by atoms with E-state index in [2.05, 4.69) is 9.97 Å². The maximum Gasteiger partial charge on any atom is 0.138 e. The summed E-state index contributed by atoms with van der Waals surface area (Å²) in [5.41, 5.74) is 1.77. The highest BCUT2D eigenvalue weighted by Gasteiger charge is 2.22. The van der Waals surface area contributed by atoms with E-state index in [1.165, 1.54) is 0 Å². The van der Waals surface area contributed by atoms with Gasteiger partial charge in [0.1, 0.15) is 17.2 Å². The fourth-order valence-corrected chi connectivity index (χ4v) is 1.80. The number of aromatic nitrogens is 2. The van der Waals surface area contributed by atoms with Crippen molar-refractivity contribution in [1.82, 2.24) is 9.97 Å². The van der Waals surface area contributed by atoms with Crippen LogP contribution in [-0.4, -0.2) is 22.2 Å². The van der Waals surface area contributed by atoms with Crippen LogP contribution in [0.25, 0.3) is 11.3 Å². The quantitative estimate of drug-likeness (QED) is 0.875. The monoisotopic (exact) mass is 246 g/mol. The molecule has 2 rings (SSSR count). The van der Waals surface area contributed by atoms with Crippen LogP contribution in [-0.2, 0) is 5.60 Å². The van der Waals surface area contributed by atoms with E-state index in [1.54, 1.807) is 21.0 Å². The molecule has 2 aromatic rings. The Labute approximate surface area is 107 Å². The van der Waals surface area contributed by atoms with E-state index in [1.807, 2.05) is 31.2 Å². The molecular formula is C14H18N2O2. The van der Waals surface area contributed by atoms with Crippen LogP contribution in [0.15, 0.2) is 24.3 Å². The van der Waals surface area contributed by atoms with Gasteiger partial charge in [-0.25, -0.2) is 4.98 Å². The predicted octanol–water partition coefficient (Wildman–Crippen LogP) is 2.62. The van der Waals surface area contributed by atoms with Crippen molar-refractivity contribution in [2.75, 3.05) is 7.11 Å². The Balaban J connectivity index is 2.47. The summed E-state index contributed by atoms with van der Waals surface area (Å²) in [5.74, 6) is 1.36. The summed E-state index contributed by atoms with van der Waals surface area (Å²) in [6.45, 7) is 5.36. The number of methoxy groups -OCH3 is 1. The second-order valence-electron chi connectivity index (χ2n) is 4.85. The highest BCUT2D eigenvalue weighted by Crippen LogP contribution is 2.27. The maximum absolute atomic E-state index is 9.96. The van der Waals surface area contributed by atoms with Crippen LogP contribution in [0.4, 0.5) is 0 Å².